The van der Waals surface area contributed by atoms with Gasteiger partial charge in [-0.3, -0.25) is 4.79 Å². The average Bonchev–Trinajstić information content (AvgIpc) is 3.52. The van der Waals surface area contributed by atoms with Crippen molar-refractivity contribution in [1.82, 2.24) is 20.1 Å². The van der Waals surface area contributed by atoms with Crippen LogP contribution in [0.25, 0.3) is 11.1 Å². The Hall–Kier alpha value is -2.80. The van der Waals surface area contributed by atoms with Gasteiger partial charge in [-0.1, -0.05) is 67.1 Å². The van der Waals surface area contributed by atoms with E-state index in [0.717, 1.165) is 34.9 Å². The summed E-state index contributed by atoms with van der Waals surface area (Å²) in [5, 5.41) is 12.8. The Morgan fingerprint density at radius 1 is 1.09 bits per heavy atom. The quantitative estimate of drug-likeness (QED) is 0.326. The SMILES string of the molecule is CSc1nnc(CCCNC(=O)C(C)Oc2ccc(-c3ccccc3)cc2)n1C1CCCC1. The molecule has 0 aliphatic heterocycles. The molecule has 33 heavy (non-hydrogen) atoms. The van der Waals surface area contributed by atoms with Crippen molar-refractivity contribution in [2.24, 2.45) is 0 Å². The van der Waals surface area contributed by atoms with Gasteiger partial charge in [-0.2, -0.15) is 0 Å². The molecule has 1 heterocycles. The zero-order valence-corrected chi connectivity index (χ0v) is 20.2. The molecule has 6 nitrogen and oxygen atoms in total. The number of hydrogen-bond acceptors (Lipinski definition) is 5. The summed E-state index contributed by atoms with van der Waals surface area (Å²) in [6.45, 7) is 2.37. The van der Waals surface area contributed by atoms with Crippen LogP contribution in [0.1, 0.15) is 50.9 Å². The highest BCUT2D eigenvalue weighted by Crippen LogP contribution is 2.33. The fraction of sp³-hybridized carbons (Fsp3) is 0.423. The Balaban J connectivity index is 1.24. The number of ether oxygens (including phenoxy) is 1. The van der Waals surface area contributed by atoms with Crippen molar-refractivity contribution in [2.45, 2.75) is 62.8 Å². The first-order valence-electron chi connectivity index (χ1n) is 11.7. The molecule has 1 atom stereocenters. The van der Waals surface area contributed by atoms with Crippen molar-refractivity contribution in [1.29, 1.82) is 0 Å². The highest BCUT2D eigenvalue weighted by atomic mass is 32.2. The molecule has 0 radical (unpaired) electrons. The molecular weight excluding hydrogens is 432 g/mol. The summed E-state index contributed by atoms with van der Waals surface area (Å²) in [4.78, 5) is 12.5. The Morgan fingerprint density at radius 2 is 1.79 bits per heavy atom. The van der Waals surface area contributed by atoms with Crippen molar-refractivity contribution in [3.8, 4) is 16.9 Å². The number of thioether (sulfide) groups is 1. The van der Waals surface area contributed by atoms with E-state index in [4.69, 9.17) is 4.74 Å². The fourth-order valence-corrected chi connectivity index (χ4v) is 4.94. The van der Waals surface area contributed by atoms with Gasteiger partial charge < -0.3 is 14.6 Å². The number of benzene rings is 2. The summed E-state index contributed by atoms with van der Waals surface area (Å²) in [7, 11) is 0. The smallest absolute Gasteiger partial charge is 0.260 e. The molecule has 1 aliphatic carbocycles. The summed E-state index contributed by atoms with van der Waals surface area (Å²) < 4.78 is 8.17. The van der Waals surface area contributed by atoms with Gasteiger partial charge in [0.2, 0.25) is 0 Å². The number of nitrogens with zero attached hydrogens (tertiary/aromatic N) is 3. The van der Waals surface area contributed by atoms with Crippen LogP contribution in [0.2, 0.25) is 0 Å². The average molecular weight is 465 g/mol. The zero-order valence-electron chi connectivity index (χ0n) is 19.4. The van der Waals surface area contributed by atoms with E-state index in [9.17, 15) is 4.79 Å². The van der Waals surface area contributed by atoms with E-state index >= 15 is 0 Å². The first kappa shape index (κ1) is 23.4. The maximum absolute atomic E-state index is 12.5. The largest absolute Gasteiger partial charge is 0.481 e. The number of carbonyl (C=O) groups is 1. The number of amides is 1. The lowest BCUT2D eigenvalue weighted by Crippen LogP contribution is -2.37. The molecule has 1 amide bonds. The molecular formula is C26H32N4O2S. The molecule has 7 heteroatoms. The summed E-state index contributed by atoms with van der Waals surface area (Å²) >= 11 is 1.65. The molecule has 1 N–H and O–H groups in total. The molecule has 1 saturated carbocycles. The van der Waals surface area contributed by atoms with Crippen molar-refractivity contribution >= 4 is 17.7 Å². The van der Waals surface area contributed by atoms with Gasteiger partial charge in [0.25, 0.3) is 5.91 Å². The van der Waals surface area contributed by atoms with Gasteiger partial charge >= 0.3 is 0 Å². The van der Waals surface area contributed by atoms with E-state index in [0.29, 0.717) is 18.3 Å². The third kappa shape index (κ3) is 5.96. The molecule has 1 unspecified atom stereocenters. The molecule has 174 valence electrons. The van der Waals surface area contributed by atoms with Crippen LogP contribution in [0.15, 0.2) is 59.8 Å². The van der Waals surface area contributed by atoms with Crippen LogP contribution in [0, 0.1) is 0 Å². The van der Waals surface area contributed by atoms with Crippen LogP contribution in [-0.4, -0.2) is 39.6 Å². The second kappa shape index (κ2) is 11.4. The monoisotopic (exact) mass is 464 g/mol. The van der Waals surface area contributed by atoms with E-state index in [-0.39, 0.29) is 5.91 Å². The van der Waals surface area contributed by atoms with Gasteiger partial charge in [0, 0.05) is 19.0 Å². The lowest BCUT2D eigenvalue weighted by atomic mass is 10.1. The van der Waals surface area contributed by atoms with Crippen LogP contribution in [-0.2, 0) is 11.2 Å². The summed E-state index contributed by atoms with van der Waals surface area (Å²) in [6.07, 6.45) is 8.09. The molecule has 0 saturated heterocycles. The first-order chi connectivity index (χ1) is 16.2. The van der Waals surface area contributed by atoms with Crippen LogP contribution >= 0.6 is 11.8 Å². The van der Waals surface area contributed by atoms with E-state index in [2.05, 4.69) is 38.5 Å². The van der Waals surface area contributed by atoms with Gasteiger partial charge in [0.15, 0.2) is 11.3 Å². The second-order valence-electron chi connectivity index (χ2n) is 8.46. The van der Waals surface area contributed by atoms with Gasteiger partial charge in [-0.25, -0.2) is 0 Å². The molecule has 1 fully saturated rings. The number of rotatable bonds is 10. The number of hydrogen-bond donors (Lipinski definition) is 1. The topological polar surface area (TPSA) is 69.0 Å². The first-order valence-corrected chi connectivity index (χ1v) is 13.0. The number of aromatic nitrogens is 3. The van der Waals surface area contributed by atoms with Gasteiger partial charge in [0.05, 0.1) is 0 Å². The third-order valence-corrected chi connectivity index (χ3v) is 6.77. The lowest BCUT2D eigenvalue weighted by Gasteiger charge is -2.17. The predicted molar refractivity (Wildman–Crippen MR) is 133 cm³/mol. The Bertz CT molecular complexity index is 1030. The minimum Gasteiger partial charge on any atom is -0.481 e. The second-order valence-corrected chi connectivity index (χ2v) is 9.23. The molecule has 3 aromatic rings. The number of nitrogens with one attached hydrogen (secondary N) is 1. The maximum atomic E-state index is 12.5. The Kier molecular flexibility index (Phi) is 8.05. The third-order valence-electron chi connectivity index (χ3n) is 6.13. The van der Waals surface area contributed by atoms with E-state index < -0.39 is 6.10 Å². The van der Waals surface area contributed by atoms with Gasteiger partial charge in [0.1, 0.15) is 11.6 Å². The van der Waals surface area contributed by atoms with Crippen LogP contribution in [0.4, 0.5) is 0 Å². The van der Waals surface area contributed by atoms with Crippen molar-refractivity contribution in [2.75, 3.05) is 12.8 Å². The van der Waals surface area contributed by atoms with Crippen molar-refractivity contribution in [3.63, 3.8) is 0 Å². The van der Waals surface area contributed by atoms with E-state index in [1.807, 2.05) is 42.5 Å². The molecule has 0 bridgehead atoms. The van der Waals surface area contributed by atoms with Crippen molar-refractivity contribution in [3.05, 3.63) is 60.4 Å². The molecule has 4 rings (SSSR count). The maximum Gasteiger partial charge on any atom is 0.260 e. The Morgan fingerprint density at radius 3 is 2.48 bits per heavy atom. The normalized spacial score (nSPS) is 14.8. The molecule has 1 aliphatic rings. The summed E-state index contributed by atoms with van der Waals surface area (Å²) in [5.74, 6) is 1.61. The van der Waals surface area contributed by atoms with Crippen LogP contribution in [0.3, 0.4) is 0 Å². The Labute approximate surface area is 200 Å². The number of aryl methyl sites for hydroxylation is 1. The summed E-state index contributed by atoms with van der Waals surface area (Å²) in [6, 6.07) is 18.6. The van der Waals surface area contributed by atoms with Crippen molar-refractivity contribution < 1.29 is 9.53 Å². The molecule has 2 aromatic carbocycles. The lowest BCUT2D eigenvalue weighted by molar-refractivity contribution is -0.127. The molecule has 1 aromatic heterocycles. The van der Waals surface area contributed by atoms with Crippen LogP contribution < -0.4 is 10.1 Å². The minimum absolute atomic E-state index is 0.107. The summed E-state index contributed by atoms with van der Waals surface area (Å²) in [5.41, 5.74) is 2.28. The standard InChI is InChI=1S/C26H32N4O2S/c1-19(32-23-16-14-21(15-17-23)20-9-4-3-5-10-20)25(31)27-18-8-13-24-28-29-26(33-2)30(24)22-11-6-7-12-22/h3-5,9-10,14-17,19,22H,6-8,11-13,18H2,1-2H3,(H,27,31). The highest BCUT2D eigenvalue weighted by molar-refractivity contribution is 7.98. The van der Waals surface area contributed by atoms with Gasteiger partial charge in [-0.05, 0) is 55.7 Å². The fourth-order valence-electron chi connectivity index (χ4n) is 4.36. The van der Waals surface area contributed by atoms with E-state index in [1.54, 1.807) is 18.7 Å². The van der Waals surface area contributed by atoms with Crippen LogP contribution in [0.5, 0.6) is 5.75 Å². The van der Waals surface area contributed by atoms with E-state index in [1.165, 1.54) is 25.7 Å². The highest BCUT2D eigenvalue weighted by Gasteiger charge is 2.23. The minimum atomic E-state index is -0.558. The van der Waals surface area contributed by atoms with Gasteiger partial charge in [-0.15, -0.1) is 10.2 Å². The number of carbonyl (C=O) groups excluding carboxylic acids is 1. The predicted octanol–water partition coefficient (Wildman–Crippen LogP) is 5.30. The zero-order chi connectivity index (χ0) is 23.0. The molecule has 0 spiro atoms.